The number of rotatable bonds is 9. The van der Waals surface area contributed by atoms with Gasteiger partial charge < -0.3 is 21.1 Å². The van der Waals surface area contributed by atoms with Crippen LogP contribution in [0.1, 0.15) is 36.2 Å². The molecule has 0 aliphatic rings. The highest BCUT2D eigenvalue weighted by molar-refractivity contribution is 5.96. The summed E-state index contributed by atoms with van der Waals surface area (Å²) in [7, 11) is 1.28. The summed E-state index contributed by atoms with van der Waals surface area (Å²) in [6, 6.07) is 8.23. The number of nitrogens with zero attached hydrogens (tertiary/aromatic N) is 3. The predicted octanol–water partition coefficient (Wildman–Crippen LogP) is 4.46. The van der Waals surface area contributed by atoms with E-state index in [-0.39, 0.29) is 23.3 Å². The van der Waals surface area contributed by atoms with E-state index < -0.39 is 11.6 Å². The summed E-state index contributed by atoms with van der Waals surface area (Å²) >= 11 is 0. The van der Waals surface area contributed by atoms with Gasteiger partial charge in [0, 0.05) is 35.2 Å². The summed E-state index contributed by atoms with van der Waals surface area (Å²) in [5.74, 6) is -1.98. The van der Waals surface area contributed by atoms with Gasteiger partial charge in [-0.25, -0.2) is 14.4 Å². The average molecular weight is 495 g/mol. The van der Waals surface area contributed by atoms with Crippen LogP contribution < -0.4 is 21.1 Å². The molecule has 2 aromatic heterocycles. The molecule has 4 aromatic rings. The van der Waals surface area contributed by atoms with E-state index in [0.29, 0.717) is 47.8 Å². The largest absolute Gasteiger partial charge is 0.494 e. The summed E-state index contributed by atoms with van der Waals surface area (Å²) in [5.41, 5.74) is 8.59. The van der Waals surface area contributed by atoms with Crippen LogP contribution in [0.3, 0.4) is 0 Å². The summed E-state index contributed by atoms with van der Waals surface area (Å²) in [4.78, 5) is 21.5. The molecule has 0 saturated carbocycles. The fraction of sp³-hybridized carbons (Fsp3) is 0.269. The minimum atomic E-state index is -1.06. The van der Waals surface area contributed by atoms with Crippen molar-refractivity contribution in [3.63, 3.8) is 0 Å². The minimum absolute atomic E-state index is 0.0227. The number of aromatic nitrogens is 3. The van der Waals surface area contributed by atoms with Crippen molar-refractivity contribution in [2.45, 2.75) is 32.7 Å². The number of halogens is 2. The average Bonchev–Trinajstić information content (AvgIpc) is 3.30. The molecule has 1 amide bonds. The molecule has 0 saturated heterocycles. The van der Waals surface area contributed by atoms with Crippen LogP contribution in [0.4, 0.5) is 20.3 Å². The van der Waals surface area contributed by atoms with E-state index >= 15 is 0 Å². The number of nitrogens with one attached hydrogen (secondary N) is 2. The number of ether oxygens (including phenoxy) is 1. The van der Waals surface area contributed by atoms with Crippen LogP contribution in [0.5, 0.6) is 5.75 Å². The third-order valence-corrected chi connectivity index (χ3v) is 5.94. The van der Waals surface area contributed by atoms with Gasteiger partial charge in [0.2, 0.25) is 5.82 Å². The highest BCUT2D eigenvalue weighted by Crippen LogP contribution is 2.31. The van der Waals surface area contributed by atoms with Crippen molar-refractivity contribution in [3.05, 3.63) is 71.7 Å². The number of benzene rings is 2. The minimum Gasteiger partial charge on any atom is -0.494 e. The maximum atomic E-state index is 14.7. The maximum absolute atomic E-state index is 14.7. The van der Waals surface area contributed by atoms with Gasteiger partial charge in [-0.15, -0.1) is 0 Å². The van der Waals surface area contributed by atoms with Gasteiger partial charge in [-0.3, -0.25) is 9.20 Å². The van der Waals surface area contributed by atoms with Crippen molar-refractivity contribution in [1.82, 2.24) is 19.7 Å². The zero-order chi connectivity index (χ0) is 25.8. The SMILES string of the molecule is CCc1cc(Nc2nccn3c(-c4ccc(OC)c(F)c4F)cnc23)ccc1C(=O)N[C@@H](C)CCN. The quantitative estimate of drug-likeness (QED) is 0.317. The number of aryl methyl sites for hydroxylation is 1. The Bertz CT molecular complexity index is 1400. The van der Waals surface area contributed by atoms with Gasteiger partial charge in [-0.05, 0) is 62.2 Å². The molecule has 4 N–H and O–H groups in total. The zero-order valence-corrected chi connectivity index (χ0v) is 20.3. The Morgan fingerprint density at radius 2 is 2.00 bits per heavy atom. The molecule has 0 spiro atoms. The van der Waals surface area contributed by atoms with Gasteiger partial charge in [0.15, 0.2) is 23.0 Å². The topological polar surface area (TPSA) is 107 Å². The third kappa shape index (κ3) is 4.85. The molecule has 4 rings (SSSR count). The lowest BCUT2D eigenvalue weighted by molar-refractivity contribution is 0.0938. The monoisotopic (exact) mass is 494 g/mol. The van der Waals surface area contributed by atoms with E-state index in [2.05, 4.69) is 20.6 Å². The molecule has 0 bridgehead atoms. The van der Waals surface area contributed by atoms with Crippen molar-refractivity contribution in [1.29, 1.82) is 0 Å². The number of methoxy groups -OCH3 is 1. The van der Waals surface area contributed by atoms with Gasteiger partial charge in [-0.2, -0.15) is 4.39 Å². The first-order valence-electron chi connectivity index (χ1n) is 11.6. The molecule has 0 unspecified atom stereocenters. The van der Waals surface area contributed by atoms with Gasteiger partial charge in [0.1, 0.15) is 0 Å². The lowest BCUT2D eigenvalue weighted by Crippen LogP contribution is -2.34. The van der Waals surface area contributed by atoms with Crippen molar-refractivity contribution < 1.29 is 18.3 Å². The number of anilines is 2. The summed E-state index contributed by atoms with van der Waals surface area (Å²) < 4.78 is 35.5. The van der Waals surface area contributed by atoms with Crippen molar-refractivity contribution in [2.75, 3.05) is 19.0 Å². The third-order valence-electron chi connectivity index (χ3n) is 5.94. The Morgan fingerprint density at radius 3 is 2.72 bits per heavy atom. The normalized spacial score (nSPS) is 11.9. The maximum Gasteiger partial charge on any atom is 0.251 e. The van der Waals surface area contributed by atoms with Crippen LogP contribution in [0.25, 0.3) is 16.9 Å². The molecule has 0 aliphatic carbocycles. The van der Waals surface area contributed by atoms with Crippen LogP contribution in [-0.4, -0.2) is 40.0 Å². The number of nitrogens with two attached hydrogens (primary N) is 1. The van der Waals surface area contributed by atoms with E-state index in [4.69, 9.17) is 10.5 Å². The molecule has 0 aliphatic heterocycles. The van der Waals surface area contributed by atoms with Gasteiger partial charge >= 0.3 is 0 Å². The van der Waals surface area contributed by atoms with Crippen molar-refractivity contribution in [3.8, 4) is 17.0 Å². The fourth-order valence-electron chi connectivity index (χ4n) is 4.04. The van der Waals surface area contributed by atoms with Gasteiger partial charge in [0.05, 0.1) is 19.0 Å². The number of carbonyl (C=O) groups excluding carboxylic acids is 1. The molecule has 0 radical (unpaired) electrons. The molecule has 0 fully saturated rings. The van der Waals surface area contributed by atoms with Crippen molar-refractivity contribution >= 4 is 23.1 Å². The first kappa shape index (κ1) is 25.1. The highest BCUT2D eigenvalue weighted by atomic mass is 19.2. The number of hydrogen-bond donors (Lipinski definition) is 3. The van der Waals surface area contributed by atoms with E-state index in [9.17, 15) is 13.6 Å². The second-order valence-corrected chi connectivity index (χ2v) is 8.36. The summed E-state index contributed by atoms with van der Waals surface area (Å²) in [5, 5.41) is 6.20. The number of hydrogen-bond acceptors (Lipinski definition) is 6. The molecule has 188 valence electrons. The van der Waals surface area contributed by atoms with Crippen molar-refractivity contribution in [2.24, 2.45) is 5.73 Å². The Hall–Kier alpha value is -4.05. The van der Waals surface area contributed by atoms with E-state index in [0.717, 1.165) is 5.56 Å². The number of carbonyl (C=O) groups is 1. The van der Waals surface area contributed by atoms with Crippen LogP contribution in [0.2, 0.25) is 0 Å². The van der Waals surface area contributed by atoms with Crippen LogP contribution >= 0.6 is 0 Å². The Labute approximate surface area is 207 Å². The molecule has 2 heterocycles. The molecule has 10 heteroatoms. The number of fused-ring (bicyclic) bond motifs is 1. The van der Waals surface area contributed by atoms with Gasteiger partial charge in [-0.1, -0.05) is 6.92 Å². The lowest BCUT2D eigenvalue weighted by Gasteiger charge is -2.16. The molecule has 8 nitrogen and oxygen atoms in total. The molecular formula is C26H28F2N6O2. The lowest BCUT2D eigenvalue weighted by atomic mass is 10.0. The smallest absolute Gasteiger partial charge is 0.251 e. The predicted molar refractivity (Wildman–Crippen MR) is 135 cm³/mol. The summed E-state index contributed by atoms with van der Waals surface area (Å²) in [6.45, 7) is 4.39. The fourth-order valence-corrected chi connectivity index (χ4v) is 4.04. The second-order valence-electron chi connectivity index (χ2n) is 8.36. The zero-order valence-electron chi connectivity index (χ0n) is 20.3. The Kier molecular flexibility index (Phi) is 7.44. The number of amides is 1. The summed E-state index contributed by atoms with van der Waals surface area (Å²) in [6.07, 6.45) is 5.97. The Morgan fingerprint density at radius 1 is 1.19 bits per heavy atom. The molecular weight excluding hydrogens is 466 g/mol. The number of imidazole rings is 1. The second kappa shape index (κ2) is 10.7. The standard InChI is InChI=1S/C26H28F2N6O2/c1-4-16-13-17(5-6-18(16)26(35)32-15(2)9-10-29)33-24-25-31-14-20(34(25)12-11-30-24)19-7-8-21(36-3)23(28)22(19)27/h5-8,11-15H,4,9-10,29H2,1-3H3,(H,30,33)(H,32,35)/t15-/m0/s1. The van der Waals surface area contributed by atoms with E-state index in [1.54, 1.807) is 28.9 Å². The first-order chi connectivity index (χ1) is 17.4. The van der Waals surface area contributed by atoms with Crippen LogP contribution in [0.15, 0.2) is 48.9 Å². The van der Waals surface area contributed by atoms with E-state index in [1.807, 2.05) is 19.9 Å². The first-order valence-corrected chi connectivity index (χ1v) is 11.6. The molecule has 1 atom stereocenters. The molecule has 2 aromatic carbocycles. The Balaban J connectivity index is 1.64. The van der Waals surface area contributed by atoms with Crippen LogP contribution in [0, 0.1) is 11.6 Å². The van der Waals surface area contributed by atoms with Crippen LogP contribution in [-0.2, 0) is 6.42 Å². The van der Waals surface area contributed by atoms with Gasteiger partial charge in [0.25, 0.3) is 5.91 Å². The molecule has 36 heavy (non-hydrogen) atoms. The highest BCUT2D eigenvalue weighted by Gasteiger charge is 2.19. The van der Waals surface area contributed by atoms with E-state index in [1.165, 1.54) is 25.4 Å².